The molecule has 16 heavy (non-hydrogen) atoms. The van der Waals surface area contributed by atoms with Crippen molar-refractivity contribution in [2.24, 2.45) is 11.7 Å². The Labute approximate surface area is 99.6 Å². The Morgan fingerprint density at radius 1 is 1.31 bits per heavy atom. The zero-order valence-corrected chi connectivity index (χ0v) is 11.3. The minimum Gasteiger partial charge on any atom is -0.355 e. The van der Waals surface area contributed by atoms with Crippen LogP contribution in [0.2, 0.25) is 0 Å². The zero-order valence-electron chi connectivity index (χ0n) is 11.3. The third-order valence-corrected chi connectivity index (χ3v) is 3.05. The molecular weight excluding hydrogens is 202 g/mol. The van der Waals surface area contributed by atoms with E-state index in [2.05, 4.69) is 19.2 Å². The molecule has 0 radical (unpaired) electrons. The summed E-state index contributed by atoms with van der Waals surface area (Å²) in [6.07, 6.45) is 1.02. The Morgan fingerprint density at radius 2 is 1.88 bits per heavy atom. The predicted octanol–water partition coefficient (Wildman–Crippen LogP) is 0.816. The van der Waals surface area contributed by atoms with Crippen LogP contribution >= 0.6 is 0 Å². The van der Waals surface area contributed by atoms with Gasteiger partial charge >= 0.3 is 0 Å². The largest absolute Gasteiger partial charge is 0.355 e. The van der Waals surface area contributed by atoms with Crippen LogP contribution < -0.4 is 11.1 Å². The predicted molar refractivity (Wildman–Crippen MR) is 68.2 cm³/mol. The van der Waals surface area contributed by atoms with Crippen molar-refractivity contribution in [3.63, 3.8) is 0 Å². The Hall–Kier alpha value is -0.610. The third-order valence-electron chi connectivity index (χ3n) is 3.05. The molecule has 0 heterocycles. The van der Waals surface area contributed by atoms with E-state index in [1.165, 1.54) is 0 Å². The lowest BCUT2D eigenvalue weighted by atomic mass is 10.1. The molecule has 0 bridgehead atoms. The summed E-state index contributed by atoms with van der Waals surface area (Å²) in [6.45, 7) is 9.57. The molecule has 2 unspecified atom stereocenters. The smallest absolute Gasteiger partial charge is 0.237 e. The maximum Gasteiger partial charge on any atom is 0.237 e. The quantitative estimate of drug-likeness (QED) is 0.679. The number of hydrogen-bond donors (Lipinski definition) is 2. The Bertz CT molecular complexity index is 206. The molecule has 0 fully saturated rings. The molecule has 4 nitrogen and oxygen atoms in total. The van der Waals surface area contributed by atoms with Gasteiger partial charge in [0.05, 0.1) is 6.04 Å². The lowest BCUT2D eigenvalue weighted by Crippen LogP contribution is -2.49. The summed E-state index contributed by atoms with van der Waals surface area (Å²) < 4.78 is 0. The van der Waals surface area contributed by atoms with Gasteiger partial charge in [-0.15, -0.1) is 0 Å². The van der Waals surface area contributed by atoms with Gasteiger partial charge in [-0.05, 0) is 33.2 Å². The number of likely N-dealkylation sites (N-methyl/N-ethyl adjacent to an activating group) is 1. The molecule has 0 rings (SSSR count). The number of carbonyl (C=O) groups is 1. The first kappa shape index (κ1) is 15.4. The fourth-order valence-corrected chi connectivity index (χ4v) is 1.36. The van der Waals surface area contributed by atoms with Gasteiger partial charge < -0.3 is 11.1 Å². The van der Waals surface area contributed by atoms with E-state index < -0.39 is 0 Å². The third kappa shape index (κ3) is 5.47. The molecular formula is C12H27N3O. The van der Waals surface area contributed by atoms with Crippen molar-refractivity contribution in [3.05, 3.63) is 0 Å². The standard InChI is InChI=1S/C12H27N3O/c1-9(2)6-7-14-12(16)11(4)15(5)10(3)8-13/h9-11H,6-8,13H2,1-5H3,(H,14,16). The average molecular weight is 229 g/mol. The molecule has 0 aliphatic rings. The lowest BCUT2D eigenvalue weighted by Gasteiger charge is -2.29. The van der Waals surface area contributed by atoms with Crippen LogP contribution in [-0.2, 0) is 4.79 Å². The van der Waals surface area contributed by atoms with E-state index in [1.807, 2.05) is 25.8 Å². The first-order valence-corrected chi connectivity index (χ1v) is 6.09. The van der Waals surface area contributed by atoms with Crippen LogP contribution in [0.1, 0.15) is 34.1 Å². The van der Waals surface area contributed by atoms with Crippen LogP contribution in [0.5, 0.6) is 0 Å². The van der Waals surface area contributed by atoms with Gasteiger partial charge in [-0.2, -0.15) is 0 Å². The second-order valence-corrected chi connectivity index (χ2v) is 4.90. The molecule has 0 aliphatic carbocycles. The maximum atomic E-state index is 11.8. The van der Waals surface area contributed by atoms with E-state index in [4.69, 9.17) is 5.73 Å². The highest BCUT2D eigenvalue weighted by atomic mass is 16.2. The average Bonchev–Trinajstić information content (AvgIpc) is 2.25. The minimum absolute atomic E-state index is 0.0865. The van der Waals surface area contributed by atoms with Gasteiger partial charge in [0.1, 0.15) is 0 Å². The molecule has 96 valence electrons. The summed E-state index contributed by atoms with van der Waals surface area (Å²) in [5, 5.41) is 2.95. The summed E-state index contributed by atoms with van der Waals surface area (Å²) in [6, 6.07) is 0.108. The number of carbonyl (C=O) groups excluding carboxylic acids is 1. The van der Waals surface area contributed by atoms with Crippen molar-refractivity contribution in [2.75, 3.05) is 20.1 Å². The van der Waals surface area contributed by atoms with Crippen LogP contribution in [0.3, 0.4) is 0 Å². The van der Waals surface area contributed by atoms with Crippen molar-refractivity contribution in [2.45, 2.75) is 46.2 Å². The van der Waals surface area contributed by atoms with Crippen molar-refractivity contribution < 1.29 is 4.79 Å². The zero-order chi connectivity index (χ0) is 12.7. The van der Waals surface area contributed by atoms with Gasteiger partial charge in [0.2, 0.25) is 5.91 Å². The molecule has 0 aromatic carbocycles. The normalized spacial score (nSPS) is 15.2. The van der Waals surface area contributed by atoms with E-state index in [9.17, 15) is 4.79 Å². The fourth-order valence-electron chi connectivity index (χ4n) is 1.36. The number of nitrogens with one attached hydrogen (secondary N) is 1. The monoisotopic (exact) mass is 229 g/mol. The lowest BCUT2D eigenvalue weighted by molar-refractivity contribution is -0.126. The Kier molecular flexibility index (Phi) is 7.34. The number of amides is 1. The molecule has 0 saturated carbocycles. The molecule has 4 heteroatoms. The molecule has 1 amide bonds. The van der Waals surface area contributed by atoms with E-state index >= 15 is 0 Å². The number of rotatable bonds is 7. The van der Waals surface area contributed by atoms with E-state index in [0.29, 0.717) is 12.5 Å². The summed E-state index contributed by atoms with van der Waals surface area (Å²) in [4.78, 5) is 13.8. The SMILES string of the molecule is CC(C)CCNC(=O)C(C)N(C)C(C)CN. The van der Waals surface area contributed by atoms with Crippen LogP contribution in [0, 0.1) is 5.92 Å². The number of hydrogen-bond acceptors (Lipinski definition) is 3. The number of nitrogens with zero attached hydrogens (tertiary/aromatic N) is 1. The Balaban J connectivity index is 3.98. The molecule has 0 spiro atoms. The van der Waals surface area contributed by atoms with Crippen LogP contribution in [-0.4, -0.2) is 43.0 Å². The summed E-state index contributed by atoms with van der Waals surface area (Å²) >= 11 is 0. The van der Waals surface area contributed by atoms with E-state index in [0.717, 1.165) is 13.0 Å². The minimum atomic E-state index is -0.120. The molecule has 0 aromatic heterocycles. The second-order valence-electron chi connectivity index (χ2n) is 4.90. The van der Waals surface area contributed by atoms with Gasteiger partial charge in [0.15, 0.2) is 0 Å². The van der Waals surface area contributed by atoms with E-state index in [-0.39, 0.29) is 18.0 Å². The molecule has 0 aliphatic heterocycles. The van der Waals surface area contributed by atoms with Crippen molar-refractivity contribution in [1.29, 1.82) is 0 Å². The topological polar surface area (TPSA) is 58.4 Å². The van der Waals surface area contributed by atoms with Crippen LogP contribution in [0.25, 0.3) is 0 Å². The Morgan fingerprint density at radius 3 is 2.31 bits per heavy atom. The van der Waals surface area contributed by atoms with Gasteiger partial charge in [-0.1, -0.05) is 13.8 Å². The van der Waals surface area contributed by atoms with Crippen molar-refractivity contribution >= 4 is 5.91 Å². The van der Waals surface area contributed by atoms with E-state index in [1.54, 1.807) is 0 Å². The maximum absolute atomic E-state index is 11.8. The summed E-state index contributed by atoms with van der Waals surface area (Å²) in [7, 11) is 1.93. The highest BCUT2D eigenvalue weighted by Crippen LogP contribution is 2.02. The molecule has 2 atom stereocenters. The first-order valence-electron chi connectivity index (χ1n) is 6.09. The van der Waals surface area contributed by atoms with Crippen molar-refractivity contribution in [3.8, 4) is 0 Å². The highest BCUT2D eigenvalue weighted by molar-refractivity contribution is 5.81. The summed E-state index contributed by atoms with van der Waals surface area (Å²) in [5.74, 6) is 0.708. The van der Waals surface area contributed by atoms with Crippen molar-refractivity contribution in [1.82, 2.24) is 10.2 Å². The fraction of sp³-hybridized carbons (Fsp3) is 0.917. The van der Waals surface area contributed by atoms with Crippen LogP contribution in [0.15, 0.2) is 0 Å². The first-order chi connectivity index (χ1) is 7.40. The summed E-state index contributed by atoms with van der Waals surface area (Å²) in [5.41, 5.74) is 5.58. The highest BCUT2D eigenvalue weighted by Gasteiger charge is 2.20. The second kappa shape index (κ2) is 7.63. The number of nitrogens with two attached hydrogens (primary N) is 1. The van der Waals surface area contributed by atoms with Gasteiger partial charge in [-0.25, -0.2) is 0 Å². The van der Waals surface area contributed by atoms with Gasteiger partial charge in [-0.3, -0.25) is 9.69 Å². The van der Waals surface area contributed by atoms with Crippen LogP contribution in [0.4, 0.5) is 0 Å². The van der Waals surface area contributed by atoms with Gasteiger partial charge in [0.25, 0.3) is 0 Å². The molecule has 0 aromatic rings. The van der Waals surface area contributed by atoms with Gasteiger partial charge in [0, 0.05) is 19.1 Å². The molecule has 0 saturated heterocycles. The molecule has 3 N–H and O–H groups in total.